The first-order chi connectivity index (χ1) is 7.83. The molecule has 0 bridgehead atoms. The number of aryl methyl sites for hydroxylation is 1. The van der Waals surface area contributed by atoms with Gasteiger partial charge >= 0.3 is 6.01 Å². The highest BCUT2D eigenvalue weighted by atomic mass is 16.5. The van der Waals surface area contributed by atoms with E-state index < -0.39 is 0 Å². The number of hydrogen-bond donors (Lipinski definition) is 0. The molecule has 1 saturated heterocycles. The van der Waals surface area contributed by atoms with Crippen molar-refractivity contribution in [3.63, 3.8) is 0 Å². The van der Waals surface area contributed by atoms with Gasteiger partial charge in [0.1, 0.15) is 0 Å². The van der Waals surface area contributed by atoms with Crippen LogP contribution in [0.3, 0.4) is 0 Å². The standard InChI is InChI=1S/C10H13N5O/c1-8-12-10(16-13-8)14-6-3-9(7-14)15-5-2-4-11-15/h2,4-5,9H,3,6-7H2,1H3. The molecule has 6 heteroatoms. The zero-order valence-corrected chi connectivity index (χ0v) is 9.08. The molecule has 1 aliphatic rings. The quantitative estimate of drug-likeness (QED) is 0.754. The van der Waals surface area contributed by atoms with E-state index in [4.69, 9.17) is 4.52 Å². The molecule has 0 N–H and O–H groups in total. The van der Waals surface area contributed by atoms with Gasteiger partial charge in [-0.3, -0.25) is 4.68 Å². The largest absolute Gasteiger partial charge is 0.324 e. The molecule has 1 aliphatic heterocycles. The van der Waals surface area contributed by atoms with E-state index in [0.717, 1.165) is 19.5 Å². The zero-order chi connectivity index (χ0) is 11.0. The average molecular weight is 219 g/mol. The van der Waals surface area contributed by atoms with Crippen molar-refractivity contribution >= 4 is 6.01 Å². The summed E-state index contributed by atoms with van der Waals surface area (Å²) in [6.45, 7) is 3.64. The summed E-state index contributed by atoms with van der Waals surface area (Å²) >= 11 is 0. The van der Waals surface area contributed by atoms with Crippen molar-refractivity contribution in [2.75, 3.05) is 18.0 Å². The SMILES string of the molecule is Cc1noc(N2CCC(n3cccn3)C2)n1. The fourth-order valence-electron chi connectivity index (χ4n) is 2.04. The molecule has 84 valence electrons. The van der Waals surface area contributed by atoms with E-state index in [1.165, 1.54) is 0 Å². The maximum Gasteiger partial charge on any atom is 0.324 e. The van der Waals surface area contributed by atoms with Crippen LogP contribution < -0.4 is 4.90 Å². The Morgan fingerprint density at radius 2 is 2.44 bits per heavy atom. The van der Waals surface area contributed by atoms with Gasteiger partial charge in [-0.2, -0.15) is 10.1 Å². The molecule has 1 fully saturated rings. The van der Waals surface area contributed by atoms with Crippen LogP contribution in [0, 0.1) is 6.92 Å². The fourth-order valence-corrected chi connectivity index (χ4v) is 2.04. The highest BCUT2D eigenvalue weighted by Gasteiger charge is 2.27. The minimum Gasteiger partial charge on any atom is -0.322 e. The van der Waals surface area contributed by atoms with Gasteiger partial charge in [-0.25, -0.2) is 0 Å². The van der Waals surface area contributed by atoms with E-state index in [1.807, 2.05) is 23.9 Å². The monoisotopic (exact) mass is 219 g/mol. The van der Waals surface area contributed by atoms with Crippen LogP contribution in [0.1, 0.15) is 18.3 Å². The van der Waals surface area contributed by atoms with Crippen LogP contribution in [0.5, 0.6) is 0 Å². The lowest BCUT2D eigenvalue weighted by Gasteiger charge is -2.12. The Kier molecular flexibility index (Phi) is 2.12. The van der Waals surface area contributed by atoms with Crippen molar-refractivity contribution in [3.8, 4) is 0 Å². The molecule has 1 atom stereocenters. The molecule has 0 aliphatic carbocycles. The maximum absolute atomic E-state index is 5.15. The van der Waals surface area contributed by atoms with E-state index in [-0.39, 0.29) is 0 Å². The van der Waals surface area contributed by atoms with Gasteiger partial charge in [0.15, 0.2) is 5.82 Å². The minimum atomic E-state index is 0.405. The third-order valence-electron chi connectivity index (χ3n) is 2.85. The summed E-state index contributed by atoms with van der Waals surface area (Å²) in [5.74, 6) is 0.678. The Hall–Kier alpha value is -1.85. The first-order valence-electron chi connectivity index (χ1n) is 5.37. The third-order valence-corrected chi connectivity index (χ3v) is 2.85. The first kappa shape index (κ1) is 9.38. The Bertz CT molecular complexity index is 463. The summed E-state index contributed by atoms with van der Waals surface area (Å²) in [4.78, 5) is 6.33. The molecule has 3 rings (SSSR count). The van der Waals surface area contributed by atoms with Crippen molar-refractivity contribution in [3.05, 3.63) is 24.3 Å². The molecule has 0 amide bonds. The topological polar surface area (TPSA) is 60.0 Å². The van der Waals surface area contributed by atoms with Gasteiger partial charge in [-0.15, -0.1) is 0 Å². The highest BCUT2D eigenvalue weighted by Crippen LogP contribution is 2.24. The van der Waals surface area contributed by atoms with Gasteiger partial charge < -0.3 is 9.42 Å². The number of hydrogen-bond acceptors (Lipinski definition) is 5. The molecule has 2 aromatic rings. The Labute approximate surface area is 92.9 Å². The molecular weight excluding hydrogens is 206 g/mol. The maximum atomic E-state index is 5.15. The Morgan fingerprint density at radius 3 is 3.12 bits per heavy atom. The third kappa shape index (κ3) is 1.56. The van der Waals surface area contributed by atoms with Crippen LogP contribution in [0.15, 0.2) is 23.0 Å². The van der Waals surface area contributed by atoms with Gasteiger partial charge in [0, 0.05) is 25.5 Å². The second-order valence-electron chi connectivity index (χ2n) is 4.00. The lowest BCUT2D eigenvalue weighted by atomic mass is 10.3. The smallest absolute Gasteiger partial charge is 0.322 e. The molecule has 0 saturated carbocycles. The van der Waals surface area contributed by atoms with E-state index in [0.29, 0.717) is 17.9 Å². The van der Waals surface area contributed by atoms with Crippen LogP contribution >= 0.6 is 0 Å². The predicted octanol–water partition coefficient (Wildman–Crippen LogP) is 1.03. The zero-order valence-electron chi connectivity index (χ0n) is 9.08. The second-order valence-corrected chi connectivity index (χ2v) is 4.00. The second kappa shape index (κ2) is 3.62. The lowest BCUT2D eigenvalue weighted by molar-refractivity contribution is 0.411. The molecule has 0 radical (unpaired) electrons. The van der Waals surface area contributed by atoms with E-state index in [2.05, 4.69) is 20.1 Å². The normalized spacial score (nSPS) is 20.6. The number of rotatable bonds is 2. The summed E-state index contributed by atoms with van der Waals surface area (Å²) in [5.41, 5.74) is 0. The summed E-state index contributed by atoms with van der Waals surface area (Å²) in [7, 11) is 0. The summed E-state index contributed by atoms with van der Waals surface area (Å²) in [6.07, 6.45) is 4.86. The molecule has 0 spiro atoms. The van der Waals surface area contributed by atoms with Crippen LogP contribution in [-0.2, 0) is 0 Å². The number of nitrogens with zero attached hydrogens (tertiary/aromatic N) is 5. The average Bonchev–Trinajstić information content (AvgIpc) is 2.97. The van der Waals surface area contributed by atoms with Crippen LogP contribution in [0.2, 0.25) is 0 Å². The van der Waals surface area contributed by atoms with E-state index in [1.54, 1.807) is 6.20 Å². The number of aromatic nitrogens is 4. The molecule has 16 heavy (non-hydrogen) atoms. The molecule has 1 unspecified atom stereocenters. The summed E-state index contributed by atoms with van der Waals surface area (Å²) < 4.78 is 7.14. The van der Waals surface area contributed by atoms with Gasteiger partial charge in [0.2, 0.25) is 0 Å². The number of anilines is 1. The first-order valence-corrected chi connectivity index (χ1v) is 5.37. The van der Waals surface area contributed by atoms with Crippen molar-refractivity contribution in [1.82, 2.24) is 19.9 Å². The van der Waals surface area contributed by atoms with E-state index >= 15 is 0 Å². The Morgan fingerprint density at radius 1 is 1.50 bits per heavy atom. The van der Waals surface area contributed by atoms with Gasteiger partial charge in [-0.1, -0.05) is 5.16 Å². The van der Waals surface area contributed by atoms with Crippen LogP contribution in [0.4, 0.5) is 6.01 Å². The van der Waals surface area contributed by atoms with Gasteiger partial charge in [-0.05, 0) is 19.4 Å². The lowest BCUT2D eigenvalue weighted by Crippen LogP contribution is -2.21. The summed E-state index contributed by atoms with van der Waals surface area (Å²) in [6, 6.07) is 2.97. The Balaban J connectivity index is 1.74. The molecule has 2 aromatic heterocycles. The van der Waals surface area contributed by atoms with Crippen LogP contribution in [-0.4, -0.2) is 33.0 Å². The fraction of sp³-hybridized carbons (Fsp3) is 0.500. The van der Waals surface area contributed by atoms with Crippen molar-refractivity contribution in [2.45, 2.75) is 19.4 Å². The van der Waals surface area contributed by atoms with Gasteiger partial charge in [0.05, 0.1) is 6.04 Å². The highest BCUT2D eigenvalue weighted by molar-refractivity contribution is 5.27. The van der Waals surface area contributed by atoms with Gasteiger partial charge in [0.25, 0.3) is 0 Å². The predicted molar refractivity (Wildman–Crippen MR) is 57.1 cm³/mol. The molecule has 6 nitrogen and oxygen atoms in total. The summed E-state index contributed by atoms with van der Waals surface area (Å²) in [5, 5.41) is 8.05. The minimum absolute atomic E-state index is 0.405. The van der Waals surface area contributed by atoms with Crippen molar-refractivity contribution in [1.29, 1.82) is 0 Å². The van der Waals surface area contributed by atoms with Crippen molar-refractivity contribution in [2.24, 2.45) is 0 Å². The molecule has 0 aromatic carbocycles. The molecular formula is C10H13N5O. The molecule has 3 heterocycles. The van der Waals surface area contributed by atoms with Crippen LogP contribution in [0.25, 0.3) is 0 Å². The van der Waals surface area contributed by atoms with E-state index in [9.17, 15) is 0 Å². The van der Waals surface area contributed by atoms with Crippen molar-refractivity contribution < 1.29 is 4.52 Å².